The molecule has 4 nitrogen and oxygen atoms in total. The number of hydrogen-bond donors (Lipinski definition) is 1. The number of aryl methyl sites for hydroxylation is 1. The Morgan fingerprint density at radius 3 is 2.87 bits per heavy atom. The van der Waals surface area contributed by atoms with Crippen LogP contribution in [0.15, 0.2) is 6.07 Å². The lowest BCUT2D eigenvalue weighted by atomic mass is 10.1. The van der Waals surface area contributed by atoms with Gasteiger partial charge in [-0.05, 0) is 25.3 Å². The molecule has 1 aliphatic heterocycles. The van der Waals surface area contributed by atoms with Crippen molar-refractivity contribution in [2.75, 3.05) is 13.2 Å². The Balaban J connectivity index is 2.20. The summed E-state index contributed by atoms with van der Waals surface area (Å²) in [4.78, 5) is 0. The van der Waals surface area contributed by atoms with Crippen LogP contribution in [-0.4, -0.2) is 28.1 Å². The van der Waals surface area contributed by atoms with E-state index in [4.69, 9.17) is 4.74 Å². The fraction of sp³-hybridized carbons (Fsp3) is 0.727. The van der Waals surface area contributed by atoms with Crippen molar-refractivity contribution in [3.63, 3.8) is 0 Å². The van der Waals surface area contributed by atoms with Crippen molar-refractivity contribution in [1.29, 1.82) is 0 Å². The van der Waals surface area contributed by atoms with Crippen molar-refractivity contribution in [1.82, 2.24) is 9.78 Å². The fourth-order valence-corrected chi connectivity index (χ4v) is 2.03. The van der Waals surface area contributed by atoms with Crippen LogP contribution in [0.3, 0.4) is 0 Å². The molecule has 4 heteroatoms. The predicted molar refractivity (Wildman–Crippen MR) is 56.6 cm³/mol. The van der Waals surface area contributed by atoms with E-state index in [-0.39, 0.29) is 6.61 Å². The highest BCUT2D eigenvalue weighted by Gasteiger charge is 2.19. The number of nitrogens with zero attached hydrogens (tertiary/aromatic N) is 2. The molecule has 1 fully saturated rings. The normalized spacial score (nSPS) is 18.3. The number of aliphatic hydroxyl groups excluding tert-OH is 1. The zero-order valence-corrected chi connectivity index (χ0v) is 9.15. The first-order valence-corrected chi connectivity index (χ1v) is 5.61. The van der Waals surface area contributed by atoms with E-state index in [9.17, 15) is 5.11 Å². The summed E-state index contributed by atoms with van der Waals surface area (Å²) in [5.41, 5.74) is 1.99. The highest BCUT2D eigenvalue weighted by molar-refractivity contribution is 5.10. The monoisotopic (exact) mass is 210 g/mol. The molecular weight excluding hydrogens is 192 g/mol. The summed E-state index contributed by atoms with van der Waals surface area (Å²) in [5, 5.41) is 13.8. The highest BCUT2D eigenvalue weighted by atomic mass is 16.5. The molecule has 0 bridgehead atoms. The van der Waals surface area contributed by atoms with Gasteiger partial charge >= 0.3 is 0 Å². The first-order chi connectivity index (χ1) is 7.35. The van der Waals surface area contributed by atoms with Crippen LogP contribution in [0, 0.1) is 0 Å². The van der Waals surface area contributed by atoms with Gasteiger partial charge in [-0.15, -0.1) is 0 Å². The maximum atomic E-state index is 9.27. The van der Waals surface area contributed by atoms with Crippen LogP contribution < -0.4 is 0 Å². The lowest BCUT2D eigenvalue weighted by Gasteiger charge is -2.23. The van der Waals surface area contributed by atoms with Crippen molar-refractivity contribution < 1.29 is 9.84 Å². The predicted octanol–water partition coefficient (Wildman–Crippen LogP) is 1.29. The summed E-state index contributed by atoms with van der Waals surface area (Å²) < 4.78 is 7.31. The second-order valence-corrected chi connectivity index (χ2v) is 3.93. The number of rotatable bonds is 3. The van der Waals surface area contributed by atoms with Gasteiger partial charge < -0.3 is 9.84 Å². The molecule has 1 aliphatic rings. The molecule has 1 saturated heterocycles. The Morgan fingerprint density at radius 2 is 2.27 bits per heavy atom. The summed E-state index contributed by atoms with van der Waals surface area (Å²) in [5.74, 6) is 0. The van der Waals surface area contributed by atoms with Crippen molar-refractivity contribution in [2.45, 2.75) is 38.8 Å². The maximum absolute atomic E-state index is 9.27. The molecule has 15 heavy (non-hydrogen) atoms. The average Bonchev–Trinajstić information content (AvgIpc) is 2.73. The summed E-state index contributed by atoms with van der Waals surface area (Å²) in [7, 11) is 0. The Kier molecular flexibility index (Phi) is 3.38. The van der Waals surface area contributed by atoms with Gasteiger partial charge in [0.05, 0.1) is 24.0 Å². The van der Waals surface area contributed by atoms with E-state index in [2.05, 4.69) is 12.0 Å². The average molecular weight is 210 g/mol. The van der Waals surface area contributed by atoms with E-state index in [0.29, 0.717) is 6.04 Å². The van der Waals surface area contributed by atoms with Gasteiger partial charge in [-0.1, -0.05) is 6.92 Å². The molecule has 2 heterocycles. The zero-order valence-electron chi connectivity index (χ0n) is 9.15. The van der Waals surface area contributed by atoms with Crippen LogP contribution >= 0.6 is 0 Å². The minimum Gasteiger partial charge on any atom is -0.390 e. The third kappa shape index (κ3) is 2.21. The largest absolute Gasteiger partial charge is 0.390 e. The zero-order chi connectivity index (χ0) is 10.7. The molecule has 1 aromatic rings. The van der Waals surface area contributed by atoms with Crippen molar-refractivity contribution in [3.05, 3.63) is 17.5 Å². The molecule has 1 N–H and O–H groups in total. The molecule has 0 radical (unpaired) electrons. The van der Waals surface area contributed by atoms with Crippen LogP contribution in [0.25, 0.3) is 0 Å². The van der Waals surface area contributed by atoms with E-state index >= 15 is 0 Å². The van der Waals surface area contributed by atoms with E-state index in [1.165, 1.54) is 0 Å². The molecule has 0 atom stereocenters. The molecular formula is C11H18N2O2. The Hall–Kier alpha value is -0.870. The molecule has 0 aromatic carbocycles. The topological polar surface area (TPSA) is 47.3 Å². The molecule has 0 saturated carbocycles. The van der Waals surface area contributed by atoms with Crippen molar-refractivity contribution in [2.24, 2.45) is 0 Å². The minimum atomic E-state index is 0.0738. The Morgan fingerprint density at radius 1 is 1.53 bits per heavy atom. The van der Waals surface area contributed by atoms with Gasteiger partial charge in [0.15, 0.2) is 0 Å². The van der Waals surface area contributed by atoms with Gasteiger partial charge in [0.2, 0.25) is 0 Å². The molecule has 0 amide bonds. The number of aromatic nitrogens is 2. The number of hydrogen-bond acceptors (Lipinski definition) is 3. The second-order valence-electron chi connectivity index (χ2n) is 3.93. The molecule has 0 spiro atoms. The van der Waals surface area contributed by atoms with E-state index in [1.54, 1.807) is 0 Å². The van der Waals surface area contributed by atoms with Gasteiger partial charge in [-0.2, -0.15) is 5.10 Å². The lowest BCUT2D eigenvalue weighted by Crippen LogP contribution is -2.22. The molecule has 0 aliphatic carbocycles. The number of aliphatic hydroxyl groups is 1. The minimum absolute atomic E-state index is 0.0738. The van der Waals surface area contributed by atoms with E-state index in [0.717, 1.165) is 43.9 Å². The smallest absolute Gasteiger partial charge is 0.0850 e. The standard InChI is InChI=1S/C11H18N2O2/c1-2-9-7-11(8-14)13(12-9)10-3-5-15-6-4-10/h7,10,14H,2-6,8H2,1H3. The molecule has 1 aromatic heterocycles. The maximum Gasteiger partial charge on any atom is 0.0850 e. The highest BCUT2D eigenvalue weighted by Crippen LogP contribution is 2.22. The Labute approximate surface area is 89.9 Å². The first kappa shape index (κ1) is 10.6. The number of ether oxygens (including phenoxy) is 1. The van der Waals surface area contributed by atoms with Crippen LogP contribution in [-0.2, 0) is 17.8 Å². The molecule has 0 unspecified atom stereocenters. The summed E-state index contributed by atoms with van der Waals surface area (Å²) in [6.45, 7) is 3.76. The Bertz CT molecular complexity index is 316. The SMILES string of the molecule is CCc1cc(CO)n(C2CCOCC2)n1. The van der Waals surface area contributed by atoms with E-state index < -0.39 is 0 Å². The molecule has 2 rings (SSSR count). The van der Waals surface area contributed by atoms with Gasteiger partial charge in [-0.3, -0.25) is 4.68 Å². The van der Waals surface area contributed by atoms with Crippen LogP contribution in [0.5, 0.6) is 0 Å². The molecule has 84 valence electrons. The third-order valence-electron chi connectivity index (χ3n) is 2.92. The second kappa shape index (κ2) is 4.77. The van der Waals surface area contributed by atoms with Crippen molar-refractivity contribution in [3.8, 4) is 0 Å². The van der Waals surface area contributed by atoms with Crippen molar-refractivity contribution >= 4 is 0 Å². The third-order valence-corrected chi connectivity index (χ3v) is 2.92. The van der Waals surface area contributed by atoms with Gasteiger partial charge in [0.25, 0.3) is 0 Å². The van der Waals surface area contributed by atoms with Gasteiger partial charge in [-0.25, -0.2) is 0 Å². The summed E-state index contributed by atoms with van der Waals surface area (Å²) in [6.07, 6.45) is 2.92. The van der Waals surface area contributed by atoms with Crippen LogP contribution in [0.4, 0.5) is 0 Å². The lowest BCUT2D eigenvalue weighted by molar-refractivity contribution is 0.0640. The van der Waals surface area contributed by atoms with Crippen LogP contribution in [0.2, 0.25) is 0 Å². The van der Waals surface area contributed by atoms with Gasteiger partial charge in [0, 0.05) is 13.2 Å². The quantitative estimate of drug-likeness (QED) is 0.817. The summed E-state index contributed by atoms with van der Waals surface area (Å²) >= 11 is 0. The first-order valence-electron chi connectivity index (χ1n) is 5.61. The van der Waals surface area contributed by atoms with E-state index in [1.807, 2.05) is 10.7 Å². The van der Waals surface area contributed by atoms with Crippen LogP contribution in [0.1, 0.15) is 37.2 Å². The summed E-state index contributed by atoms with van der Waals surface area (Å²) in [6, 6.07) is 2.40. The van der Waals surface area contributed by atoms with Gasteiger partial charge in [0.1, 0.15) is 0 Å². The fourth-order valence-electron chi connectivity index (χ4n) is 2.03.